The van der Waals surface area contributed by atoms with Crippen LogP contribution in [-0.4, -0.2) is 28.7 Å². The van der Waals surface area contributed by atoms with Crippen LogP contribution >= 0.6 is 11.3 Å². The van der Waals surface area contributed by atoms with Gasteiger partial charge in [0.15, 0.2) is 5.13 Å². The number of rotatable bonds is 5. The number of hydrogen-bond acceptors (Lipinski definition) is 6. The Hall–Kier alpha value is -3.24. The molecule has 0 aliphatic rings. The molecule has 0 aliphatic carbocycles. The Labute approximate surface area is 164 Å². The molecule has 0 saturated heterocycles. The number of carbonyl (C=O) groups excluding carboxylic acids is 1. The van der Waals surface area contributed by atoms with Crippen LogP contribution in [0.4, 0.5) is 10.8 Å². The van der Waals surface area contributed by atoms with Crippen molar-refractivity contribution >= 4 is 43.7 Å². The molecule has 3 heterocycles. The first kappa shape index (κ1) is 18.1. The predicted octanol–water partition coefficient (Wildman–Crippen LogP) is 3.15. The van der Waals surface area contributed by atoms with E-state index in [1.54, 1.807) is 11.6 Å². The number of hydrogen-bond donors (Lipinski definition) is 2. The third-order valence-corrected chi connectivity index (χ3v) is 6.18. The van der Waals surface area contributed by atoms with Gasteiger partial charge in [-0.2, -0.15) is 0 Å². The fourth-order valence-corrected chi connectivity index (χ4v) is 4.41. The lowest BCUT2D eigenvalue weighted by molar-refractivity contribution is 0.102. The summed E-state index contributed by atoms with van der Waals surface area (Å²) in [6, 6.07) is 11.5. The van der Waals surface area contributed by atoms with E-state index < -0.39 is 10.0 Å². The summed E-state index contributed by atoms with van der Waals surface area (Å²) in [6.07, 6.45) is 3.18. The maximum atomic E-state index is 12.5. The van der Waals surface area contributed by atoms with E-state index in [0.29, 0.717) is 16.5 Å². The number of aryl methyl sites for hydroxylation is 1. The van der Waals surface area contributed by atoms with Gasteiger partial charge in [-0.25, -0.2) is 18.4 Å². The molecule has 0 saturated carbocycles. The van der Waals surface area contributed by atoms with Crippen molar-refractivity contribution in [3.8, 4) is 0 Å². The number of benzene rings is 1. The van der Waals surface area contributed by atoms with Crippen LogP contribution in [0.1, 0.15) is 16.2 Å². The van der Waals surface area contributed by atoms with Gasteiger partial charge in [0, 0.05) is 29.2 Å². The molecule has 0 spiro atoms. The van der Waals surface area contributed by atoms with Crippen LogP contribution in [0.2, 0.25) is 0 Å². The molecule has 0 fully saturated rings. The monoisotopic (exact) mass is 413 g/mol. The van der Waals surface area contributed by atoms with Crippen LogP contribution in [-0.2, 0) is 10.0 Å². The number of sulfonamides is 1. The maximum absolute atomic E-state index is 12.5. The average Bonchev–Trinajstić information content (AvgIpc) is 3.32. The third-order valence-electron chi connectivity index (χ3n) is 4.01. The van der Waals surface area contributed by atoms with Crippen molar-refractivity contribution in [2.75, 3.05) is 10.0 Å². The quantitative estimate of drug-likeness (QED) is 0.523. The van der Waals surface area contributed by atoms with E-state index in [-0.39, 0.29) is 16.5 Å². The summed E-state index contributed by atoms with van der Waals surface area (Å²) in [7, 11) is -3.73. The van der Waals surface area contributed by atoms with Crippen molar-refractivity contribution in [3.63, 3.8) is 0 Å². The molecule has 0 unspecified atom stereocenters. The van der Waals surface area contributed by atoms with Crippen molar-refractivity contribution in [3.05, 3.63) is 71.6 Å². The van der Waals surface area contributed by atoms with Crippen LogP contribution < -0.4 is 10.0 Å². The van der Waals surface area contributed by atoms with Gasteiger partial charge in [-0.05, 0) is 43.3 Å². The number of nitrogens with zero attached hydrogens (tertiary/aromatic N) is 3. The topological polar surface area (TPSA) is 105 Å². The van der Waals surface area contributed by atoms with Crippen molar-refractivity contribution in [1.82, 2.24) is 14.4 Å². The van der Waals surface area contributed by atoms with Crippen molar-refractivity contribution in [2.45, 2.75) is 11.8 Å². The second-order valence-corrected chi connectivity index (χ2v) is 8.52. The lowest BCUT2D eigenvalue weighted by Crippen LogP contribution is -2.14. The Morgan fingerprint density at radius 3 is 2.61 bits per heavy atom. The lowest BCUT2D eigenvalue weighted by atomic mass is 10.3. The van der Waals surface area contributed by atoms with E-state index >= 15 is 0 Å². The van der Waals surface area contributed by atoms with Crippen molar-refractivity contribution in [2.24, 2.45) is 0 Å². The molecule has 1 amide bonds. The van der Waals surface area contributed by atoms with Gasteiger partial charge < -0.3 is 9.72 Å². The SMILES string of the molecule is Cc1cccc2nc(C(=O)Nc3ccc(S(=O)(=O)Nc4nccs4)cc3)cn12. The summed E-state index contributed by atoms with van der Waals surface area (Å²) < 4.78 is 28.9. The van der Waals surface area contributed by atoms with Crippen LogP contribution in [0.3, 0.4) is 0 Å². The van der Waals surface area contributed by atoms with Gasteiger partial charge in [-0.3, -0.25) is 9.52 Å². The van der Waals surface area contributed by atoms with Gasteiger partial charge in [0.05, 0.1) is 4.90 Å². The second kappa shape index (κ2) is 7.06. The Balaban J connectivity index is 1.50. The van der Waals surface area contributed by atoms with Crippen molar-refractivity contribution < 1.29 is 13.2 Å². The highest BCUT2D eigenvalue weighted by Crippen LogP contribution is 2.20. The van der Waals surface area contributed by atoms with Gasteiger partial charge in [0.1, 0.15) is 11.3 Å². The standard InChI is InChI=1S/C18H15N5O3S2/c1-12-3-2-4-16-21-15(11-23(12)16)17(24)20-13-5-7-14(8-6-13)28(25,26)22-18-19-9-10-27-18/h2-11H,1H3,(H,19,22)(H,20,24). The summed E-state index contributed by atoms with van der Waals surface area (Å²) in [5.41, 5.74) is 2.38. The second-order valence-electron chi connectivity index (χ2n) is 5.94. The van der Waals surface area contributed by atoms with E-state index in [1.165, 1.54) is 41.8 Å². The molecular formula is C18H15N5O3S2. The molecule has 4 rings (SSSR count). The smallest absolute Gasteiger partial charge is 0.275 e. The fraction of sp³-hybridized carbons (Fsp3) is 0.0556. The minimum Gasteiger partial charge on any atom is -0.321 e. The molecule has 2 N–H and O–H groups in total. The average molecular weight is 413 g/mol. The van der Waals surface area contributed by atoms with Gasteiger partial charge in [-0.15, -0.1) is 11.3 Å². The lowest BCUT2D eigenvalue weighted by Gasteiger charge is -2.07. The molecule has 4 aromatic rings. The highest BCUT2D eigenvalue weighted by atomic mass is 32.2. The zero-order valence-corrected chi connectivity index (χ0v) is 16.3. The number of amides is 1. The number of nitrogens with one attached hydrogen (secondary N) is 2. The largest absolute Gasteiger partial charge is 0.321 e. The van der Waals surface area contributed by atoms with Crippen LogP contribution in [0, 0.1) is 6.92 Å². The first-order chi connectivity index (χ1) is 13.4. The summed E-state index contributed by atoms with van der Waals surface area (Å²) >= 11 is 1.19. The minimum atomic E-state index is -3.73. The molecule has 0 aliphatic heterocycles. The van der Waals surface area contributed by atoms with Crippen LogP contribution in [0.15, 0.2) is 65.1 Å². The molecule has 1 aromatic carbocycles. The highest BCUT2D eigenvalue weighted by Gasteiger charge is 2.16. The number of aromatic nitrogens is 3. The van der Waals surface area contributed by atoms with E-state index in [9.17, 15) is 13.2 Å². The summed E-state index contributed by atoms with van der Waals surface area (Å²) in [6.45, 7) is 1.93. The summed E-state index contributed by atoms with van der Waals surface area (Å²) in [5, 5.41) is 4.69. The molecule has 0 atom stereocenters. The van der Waals surface area contributed by atoms with Gasteiger partial charge in [-0.1, -0.05) is 6.07 Å². The van der Waals surface area contributed by atoms with E-state index in [0.717, 1.165) is 5.69 Å². The number of anilines is 2. The maximum Gasteiger partial charge on any atom is 0.275 e. The molecule has 10 heteroatoms. The van der Waals surface area contributed by atoms with E-state index in [4.69, 9.17) is 0 Å². The molecule has 0 radical (unpaired) electrons. The molecule has 0 bridgehead atoms. The molecule has 3 aromatic heterocycles. The number of fused-ring (bicyclic) bond motifs is 1. The molecule has 142 valence electrons. The normalized spacial score (nSPS) is 11.5. The minimum absolute atomic E-state index is 0.0732. The summed E-state index contributed by atoms with van der Waals surface area (Å²) in [5.74, 6) is -0.375. The van der Waals surface area contributed by atoms with Crippen LogP contribution in [0.25, 0.3) is 5.65 Å². The molecule has 8 nitrogen and oxygen atoms in total. The zero-order valence-electron chi connectivity index (χ0n) is 14.7. The first-order valence-electron chi connectivity index (χ1n) is 8.21. The summed E-state index contributed by atoms with van der Waals surface area (Å²) in [4.78, 5) is 20.7. The number of imidazole rings is 1. The number of carbonyl (C=O) groups is 1. The van der Waals surface area contributed by atoms with Crippen LogP contribution in [0.5, 0.6) is 0 Å². The predicted molar refractivity (Wildman–Crippen MR) is 107 cm³/mol. The van der Waals surface area contributed by atoms with Crippen molar-refractivity contribution in [1.29, 1.82) is 0 Å². The fourth-order valence-electron chi connectivity index (χ4n) is 2.62. The molecule has 28 heavy (non-hydrogen) atoms. The van der Waals surface area contributed by atoms with Gasteiger partial charge >= 0.3 is 0 Å². The molecular weight excluding hydrogens is 398 g/mol. The number of thiazole rings is 1. The Kier molecular flexibility index (Phi) is 4.57. The van der Waals surface area contributed by atoms with Gasteiger partial charge in [0.2, 0.25) is 0 Å². The zero-order chi connectivity index (χ0) is 19.7. The third kappa shape index (κ3) is 3.59. The first-order valence-corrected chi connectivity index (χ1v) is 10.6. The Bertz CT molecular complexity index is 1250. The van der Waals surface area contributed by atoms with Gasteiger partial charge in [0.25, 0.3) is 15.9 Å². The van der Waals surface area contributed by atoms with E-state index in [2.05, 4.69) is 20.0 Å². The Morgan fingerprint density at radius 1 is 1.14 bits per heavy atom. The number of pyridine rings is 1. The van der Waals surface area contributed by atoms with E-state index in [1.807, 2.05) is 29.5 Å². The highest BCUT2D eigenvalue weighted by molar-refractivity contribution is 7.93. The Morgan fingerprint density at radius 2 is 1.93 bits per heavy atom.